The predicted molar refractivity (Wildman–Crippen MR) is 73.4 cm³/mol. The van der Waals surface area contributed by atoms with Crippen LogP contribution in [0, 0.1) is 5.92 Å². The van der Waals surface area contributed by atoms with Gasteiger partial charge in [-0.3, -0.25) is 0 Å². The normalized spacial score (nSPS) is 15.4. The van der Waals surface area contributed by atoms with Crippen LogP contribution >= 0.6 is 0 Å². The van der Waals surface area contributed by atoms with Crippen LogP contribution < -0.4 is 5.73 Å². The molecule has 3 rings (SSSR count). The predicted octanol–water partition coefficient (Wildman–Crippen LogP) is 2.53. The van der Waals surface area contributed by atoms with Crippen LogP contribution in [0.1, 0.15) is 18.4 Å². The third-order valence-corrected chi connectivity index (χ3v) is 3.55. The molecule has 0 unspecified atom stereocenters. The van der Waals surface area contributed by atoms with E-state index in [0.717, 1.165) is 18.9 Å². The molecular formula is C15H20N2O. The molecule has 1 heterocycles. The molecule has 1 aliphatic rings. The summed E-state index contributed by atoms with van der Waals surface area (Å²) in [7, 11) is 0. The highest BCUT2D eigenvalue weighted by Crippen LogP contribution is 2.29. The fourth-order valence-corrected chi connectivity index (χ4v) is 2.27. The summed E-state index contributed by atoms with van der Waals surface area (Å²) < 4.78 is 7.93. The lowest BCUT2D eigenvalue weighted by molar-refractivity contribution is 0.0718. The van der Waals surface area contributed by atoms with Crippen molar-refractivity contribution in [2.45, 2.75) is 26.0 Å². The van der Waals surface area contributed by atoms with Crippen LogP contribution in [0.5, 0.6) is 0 Å². The monoisotopic (exact) mass is 244 g/mol. The number of nitrogens with two attached hydrogens (primary N) is 1. The van der Waals surface area contributed by atoms with Crippen LogP contribution in [0.2, 0.25) is 0 Å². The van der Waals surface area contributed by atoms with Crippen LogP contribution in [0.25, 0.3) is 10.9 Å². The lowest BCUT2D eigenvalue weighted by Gasteiger charge is -2.07. The van der Waals surface area contributed by atoms with Gasteiger partial charge in [0.1, 0.15) is 6.73 Å². The van der Waals surface area contributed by atoms with E-state index < -0.39 is 0 Å². The Bertz CT molecular complexity index is 528. The summed E-state index contributed by atoms with van der Waals surface area (Å²) in [4.78, 5) is 0. The summed E-state index contributed by atoms with van der Waals surface area (Å²) >= 11 is 0. The summed E-state index contributed by atoms with van der Waals surface area (Å²) in [6.45, 7) is 2.26. The Hall–Kier alpha value is -1.32. The first-order chi connectivity index (χ1) is 8.86. The summed E-state index contributed by atoms with van der Waals surface area (Å²) in [5.74, 6) is 0.819. The molecular weight excluding hydrogens is 224 g/mol. The lowest BCUT2D eigenvalue weighted by atomic mass is 10.1. The van der Waals surface area contributed by atoms with Crippen molar-refractivity contribution in [2.24, 2.45) is 11.7 Å². The minimum atomic E-state index is 0.659. The maximum Gasteiger partial charge on any atom is 0.122 e. The van der Waals surface area contributed by atoms with Gasteiger partial charge in [0, 0.05) is 6.20 Å². The maximum atomic E-state index is 5.75. The zero-order valence-electron chi connectivity index (χ0n) is 10.6. The van der Waals surface area contributed by atoms with E-state index in [1.54, 1.807) is 0 Å². The summed E-state index contributed by atoms with van der Waals surface area (Å²) in [6.07, 6.45) is 5.72. The van der Waals surface area contributed by atoms with Crippen molar-refractivity contribution in [3.63, 3.8) is 0 Å². The fourth-order valence-electron chi connectivity index (χ4n) is 2.27. The smallest absolute Gasteiger partial charge is 0.122 e. The Morgan fingerprint density at radius 2 is 2.17 bits per heavy atom. The van der Waals surface area contributed by atoms with Crippen molar-refractivity contribution in [3.8, 4) is 0 Å². The van der Waals surface area contributed by atoms with Crippen LogP contribution in [0.4, 0.5) is 0 Å². The average Bonchev–Trinajstić information content (AvgIpc) is 3.11. The van der Waals surface area contributed by atoms with E-state index in [9.17, 15) is 0 Å². The molecule has 2 aromatic rings. The number of hydrogen-bond donors (Lipinski definition) is 1. The lowest BCUT2D eigenvalue weighted by Crippen LogP contribution is -2.05. The molecule has 1 fully saturated rings. The SMILES string of the molecule is NCCc1ccc2ccn(COCC3CC3)c2c1. The van der Waals surface area contributed by atoms with Gasteiger partial charge in [0.25, 0.3) is 0 Å². The molecule has 18 heavy (non-hydrogen) atoms. The highest BCUT2D eigenvalue weighted by Gasteiger charge is 2.21. The number of ether oxygens (including phenoxy) is 1. The number of rotatable bonds is 6. The molecule has 0 amide bonds. The van der Waals surface area contributed by atoms with Crippen molar-refractivity contribution < 1.29 is 4.74 Å². The molecule has 3 nitrogen and oxygen atoms in total. The molecule has 1 aliphatic carbocycles. The highest BCUT2D eigenvalue weighted by molar-refractivity contribution is 5.80. The summed E-state index contributed by atoms with van der Waals surface area (Å²) in [5, 5.41) is 1.27. The highest BCUT2D eigenvalue weighted by atomic mass is 16.5. The molecule has 96 valence electrons. The van der Waals surface area contributed by atoms with Gasteiger partial charge in [-0.15, -0.1) is 0 Å². The third-order valence-electron chi connectivity index (χ3n) is 3.55. The number of hydrogen-bond acceptors (Lipinski definition) is 2. The van der Waals surface area contributed by atoms with E-state index in [2.05, 4.69) is 35.0 Å². The van der Waals surface area contributed by atoms with E-state index in [-0.39, 0.29) is 0 Å². The standard InChI is InChI=1S/C15H20N2O/c16-7-5-12-3-4-14-6-8-17(15(14)9-12)11-18-10-13-1-2-13/h3-4,6,8-9,13H,1-2,5,7,10-11,16H2. The van der Waals surface area contributed by atoms with Crippen LogP contribution in [-0.2, 0) is 17.9 Å². The van der Waals surface area contributed by atoms with Gasteiger partial charge in [0.05, 0.1) is 12.1 Å². The van der Waals surface area contributed by atoms with E-state index in [0.29, 0.717) is 13.3 Å². The largest absolute Gasteiger partial charge is 0.360 e. The molecule has 0 aliphatic heterocycles. The van der Waals surface area contributed by atoms with Gasteiger partial charge >= 0.3 is 0 Å². The molecule has 0 radical (unpaired) electrons. The second kappa shape index (κ2) is 5.12. The molecule has 1 saturated carbocycles. The topological polar surface area (TPSA) is 40.2 Å². The quantitative estimate of drug-likeness (QED) is 0.848. The Balaban J connectivity index is 1.74. The van der Waals surface area contributed by atoms with Crippen LogP contribution in [0.3, 0.4) is 0 Å². The number of aromatic nitrogens is 1. The van der Waals surface area contributed by atoms with Crippen molar-refractivity contribution in [1.82, 2.24) is 4.57 Å². The first kappa shape index (κ1) is 11.8. The van der Waals surface area contributed by atoms with Gasteiger partial charge in [0.2, 0.25) is 0 Å². The molecule has 1 aromatic heterocycles. The minimum Gasteiger partial charge on any atom is -0.360 e. The molecule has 1 aromatic carbocycles. The second-order valence-corrected chi connectivity index (χ2v) is 5.16. The van der Waals surface area contributed by atoms with E-state index in [1.165, 1.54) is 29.3 Å². The molecule has 3 heteroatoms. The van der Waals surface area contributed by atoms with Gasteiger partial charge in [0.15, 0.2) is 0 Å². The zero-order chi connectivity index (χ0) is 12.4. The summed E-state index contributed by atoms with van der Waals surface area (Å²) in [6, 6.07) is 8.69. The van der Waals surface area contributed by atoms with Gasteiger partial charge in [-0.05, 0) is 54.8 Å². The fraction of sp³-hybridized carbons (Fsp3) is 0.467. The molecule has 0 bridgehead atoms. The molecule has 0 atom stereocenters. The van der Waals surface area contributed by atoms with Crippen molar-refractivity contribution in [2.75, 3.05) is 13.2 Å². The Kier molecular flexibility index (Phi) is 3.35. The van der Waals surface area contributed by atoms with Crippen molar-refractivity contribution >= 4 is 10.9 Å². The minimum absolute atomic E-state index is 0.659. The van der Waals surface area contributed by atoms with Gasteiger partial charge in [-0.2, -0.15) is 0 Å². The number of fused-ring (bicyclic) bond motifs is 1. The first-order valence-corrected chi connectivity index (χ1v) is 6.72. The van der Waals surface area contributed by atoms with E-state index >= 15 is 0 Å². The third kappa shape index (κ3) is 2.57. The van der Waals surface area contributed by atoms with Gasteiger partial charge in [-0.1, -0.05) is 12.1 Å². The van der Waals surface area contributed by atoms with E-state index in [4.69, 9.17) is 10.5 Å². The van der Waals surface area contributed by atoms with Gasteiger partial charge in [-0.25, -0.2) is 0 Å². The number of benzene rings is 1. The second-order valence-electron chi connectivity index (χ2n) is 5.16. The molecule has 0 spiro atoms. The first-order valence-electron chi connectivity index (χ1n) is 6.72. The number of nitrogens with zero attached hydrogens (tertiary/aromatic N) is 1. The Morgan fingerprint density at radius 1 is 1.28 bits per heavy atom. The molecule has 2 N–H and O–H groups in total. The average molecular weight is 244 g/mol. The maximum absolute atomic E-state index is 5.75. The van der Waals surface area contributed by atoms with Gasteiger partial charge < -0.3 is 15.0 Å². The summed E-state index contributed by atoms with van der Waals surface area (Å²) in [5.41, 5.74) is 8.15. The van der Waals surface area contributed by atoms with E-state index in [1.807, 2.05) is 0 Å². The van der Waals surface area contributed by atoms with Crippen LogP contribution in [-0.4, -0.2) is 17.7 Å². The Morgan fingerprint density at radius 3 is 2.94 bits per heavy atom. The van der Waals surface area contributed by atoms with Crippen LogP contribution in [0.15, 0.2) is 30.5 Å². The zero-order valence-corrected chi connectivity index (χ0v) is 10.6. The Labute approximate surface area is 108 Å². The van der Waals surface area contributed by atoms with Crippen molar-refractivity contribution in [3.05, 3.63) is 36.0 Å². The van der Waals surface area contributed by atoms with Crippen molar-refractivity contribution in [1.29, 1.82) is 0 Å². The molecule has 0 saturated heterocycles.